The van der Waals surface area contributed by atoms with E-state index in [1.54, 1.807) is 30.3 Å². The number of fused-ring (bicyclic) bond motifs is 3. The molecule has 5 rings (SSSR count). The van der Waals surface area contributed by atoms with Crippen LogP contribution < -0.4 is 40.2 Å². The number of nitrogens with zero attached hydrogens (tertiary/aromatic N) is 1. The smallest absolute Gasteiger partial charge is 0.746 e. The van der Waals surface area contributed by atoms with E-state index in [0.29, 0.717) is 11.3 Å². The molecular formula is C28H31N4NaO7S. The Hall–Kier alpha value is -2.74. The van der Waals surface area contributed by atoms with Crippen LogP contribution in [0.5, 0.6) is 0 Å². The standard InChI is InChI=1S/C28H32N4O7S.Na/c1-15(2)11-22(30-24(33)21-12-17-16(3)7-6-10-19(17)29-21)25(34)32-14-28(13-23(32)26(35)40(37,38)39)18-8-4-5-9-20(18)31-27(28)36;/h4-10,12,15,22-23,26,29,35H,11,13-14H2,1-3H3,(H,30,33)(H,31,36)(H,37,38,39);/q;+1/p-1/t22-,23-,26?,28-;/m0./s1. The van der Waals surface area contributed by atoms with E-state index >= 15 is 0 Å². The summed E-state index contributed by atoms with van der Waals surface area (Å²) in [5.74, 6) is -1.74. The molecular weight excluding hydrogens is 559 g/mol. The number of nitrogens with one attached hydrogen (secondary N) is 3. The number of benzene rings is 2. The number of amides is 3. The zero-order valence-corrected chi connectivity index (χ0v) is 26.1. The minimum absolute atomic E-state index is 0. The maximum Gasteiger partial charge on any atom is 1.00 e. The molecule has 2 aromatic carbocycles. The quantitative estimate of drug-likeness (QED) is 0.201. The van der Waals surface area contributed by atoms with Crippen molar-refractivity contribution < 1.29 is 62.0 Å². The van der Waals surface area contributed by atoms with E-state index in [-0.39, 0.29) is 60.6 Å². The second-order valence-corrected chi connectivity index (χ2v) is 12.5. The Bertz CT molecular complexity index is 1620. The van der Waals surface area contributed by atoms with Crippen LogP contribution in [0.1, 0.15) is 48.3 Å². The van der Waals surface area contributed by atoms with Crippen molar-refractivity contribution in [3.63, 3.8) is 0 Å². The molecule has 1 aromatic heterocycles. The third-order valence-corrected chi connectivity index (χ3v) is 8.77. The fourth-order valence-electron chi connectivity index (χ4n) is 5.92. The van der Waals surface area contributed by atoms with Crippen LogP contribution >= 0.6 is 0 Å². The number of para-hydroxylation sites is 1. The molecule has 0 aliphatic carbocycles. The number of aromatic nitrogens is 1. The SMILES string of the molecule is Cc1cccc2[nH]c(C(=O)N[C@@H](CC(C)C)C(=O)N3C[C@]4(C[C@H]3C(O)S(=O)(=O)[O-])C(=O)Nc3ccccc34)cc12.[Na+]. The van der Waals surface area contributed by atoms with Gasteiger partial charge < -0.3 is 30.2 Å². The summed E-state index contributed by atoms with van der Waals surface area (Å²) in [6.45, 7) is 5.37. The van der Waals surface area contributed by atoms with Crippen molar-refractivity contribution in [2.45, 2.75) is 56.5 Å². The van der Waals surface area contributed by atoms with E-state index in [2.05, 4.69) is 15.6 Å². The number of aliphatic hydroxyl groups excluding tert-OH is 1. The Morgan fingerprint density at radius 2 is 1.90 bits per heavy atom. The molecule has 3 aromatic rings. The van der Waals surface area contributed by atoms with Gasteiger partial charge in [0.15, 0.2) is 5.44 Å². The number of aromatic amines is 1. The molecule has 4 N–H and O–H groups in total. The number of rotatable bonds is 7. The van der Waals surface area contributed by atoms with E-state index in [0.717, 1.165) is 21.4 Å². The summed E-state index contributed by atoms with van der Waals surface area (Å²) in [5.41, 5.74) is -0.780. The Balaban J connectivity index is 0.00000387. The maximum atomic E-state index is 14.0. The van der Waals surface area contributed by atoms with Crippen LogP contribution in [0.4, 0.5) is 5.69 Å². The number of likely N-dealkylation sites (tertiary alicyclic amines) is 1. The van der Waals surface area contributed by atoms with Crippen LogP contribution in [-0.4, -0.2) is 69.7 Å². The Kier molecular flexibility index (Phi) is 8.75. The van der Waals surface area contributed by atoms with Gasteiger partial charge in [-0.1, -0.05) is 44.2 Å². The van der Waals surface area contributed by atoms with Gasteiger partial charge >= 0.3 is 29.6 Å². The number of anilines is 1. The number of carbonyl (C=O) groups excluding carboxylic acids is 3. The van der Waals surface area contributed by atoms with E-state index < -0.39 is 50.8 Å². The number of aryl methyl sites for hydroxylation is 1. The molecule has 2 aliphatic heterocycles. The molecule has 1 saturated heterocycles. The van der Waals surface area contributed by atoms with E-state index in [9.17, 15) is 32.5 Å². The van der Waals surface area contributed by atoms with Gasteiger partial charge in [0.05, 0.1) is 11.5 Å². The van der Waals surface area contributed by atoms with Crippen molar-refractivity contribution in [2.24, 2.45) is 5.92 Å². The van der Waals surface area contributed by atoms with Crippen molar-refractivity contribution in [3.8, 4) is 0 Å². The summed E-state index contributed by atoms with van der Waals surface area (Å²) in [4.78, 5) is 44.7. The number of carbonyl (C=O) groups is 3. The molecule has 3 amide bonds. The van der Waals surface area contributed by atoms with Gasteiger partial charge in [0, 0.05) is 23.1 Å². The van der Waals surface area contributed by atoms with Crippen LogP contribution in [0.2, 0.25) is 0 Å². The van der Waals surface area contributed by atoms with E-state index in [4.69, 9.17) is 0 Å². The molecule has 0 radical (unpaired) electrons. The molecule has 212 valence electrons. The summed E-state index contributed by atoms with van der Waals surface area (Å²) < 4.78 is 35.8. The molecule has 13 heteroatoms. The predicted molar refractivity (Wildman–Crippen MR) is 146 cm³/mol. The molecule has 0 saturated carbocycles. The molecule has 11 nitrogen and oxygen atoms in total. The molecule has 3 heterocycles. The third-order valence-electron chi connectivity index (χ3n) is 7.87. The first-order valence-electron chi connectivity index (χ1n) is 13.1. The Labute approximate surface area is 260 Å². The first-order valence-corrected chi connectivity index (χ1v) is 14.5. The maximum absolute atomic E-state index is 14.0. The van der Waals surface area contributed by atoms with Gasteiger partial charge in [0.25, 0.3) is 5.91 Å². The average Bonchev–Trinajstić information content (AvgIpc) is 3.57. The minimum Gasteiger partial charge on any atom is -0.746 e. The van der Waals surface area contributed by atoms with Gasteiger partial charge in [-0.3, -0.25) is 14.4 Å². The van der Waals surface area contributed by atoms with Gasteiger partial charge in [0.2, 0.25) is 11.8 Å². The molecule has 0 bridgehead atoms. The van der Waals surface area contributed by atoms with Crippen LogP contribution in [0.3, 0.4) is 0 Å². The molecule has 1 fully saturated rings. The van der Waals surface area contributed by atoms with Gasteiger partial charge in [-0.15, -0.1) is 0 Å². The zero-order chi connectivity index (χ0) is 29.0. The molecule has 1 spiro atoms. The molecule has 1 unspecified atom stereocenters. The first kappa shape index (κ1) is 31.2. The van der Waals surface area contributed by atoms with Gasteiger partial charge in [-0.2, -0.15) is 0 Å². The fraction of sp³-hybridized carbons (Fsp3) is 0.393. The second kappa shape index (κ2) is 11.5. The van der Waals surface area contributed by atoms with Crippen molar-refractivity contribution in [1.82, 2.24) is 15.2 Å². The Morgan fingerprint density at radius 1 is 1.20 bits per heavy atom. The topological polar surface area (TPSA) is 172 Å². The summed E-state index contributed by atoms with van der Waals surface area (Å²) in [7, 11) is -5.24. The van der Waals surface area contributed by atoms with Crippen molar-refractivity contribution in [1.29, 1.82) is 0 Å². The first-order chi connectivity index (χ1) is 18.8. The van der Waals surface area contributed by atoms with Crippen LogP contribution in [0, 0.1) is 12.8 Å². The van der Waals surface area contributed by atoms with Crippen molar-refractivity contribution >= 4 is 44.4 Å². The zero-order valence-electron chi connectivity index (χ0n) is 23.3. The van der Waals surface area contributed by atoms with Crippen LogP contribution in [0.15, 0.2) is 48.5 Å². The largest absolute Gasteiger partial charge is 1.00 e. The van der Waals surface area contributed by atoms with Crippen LogP contribution in [-0.2, 0) is 25.1 Å². The van der Waals surface area contributed by atoms with Gasteiger partial charge in [-0.25, -0.2) is 8.42 Å². The van der Waals surface area contributed by atoms with Gasteiger partial charge in [-0.05, 0) is 55.0 Å². The summed E-state index contributed by atoms with van der Waals surface area (Å²) in [6, 6.07) is 11.5. The van der Waals surface area contributed by atoms with Gasteiger partial charge in [0.1, 0.15) is 21.9 Å². The third kappa shape index (κ3) is 5.69. The van der Waals surface area contributed by atoms with Crippen molar-refractivity contribution in [3.05, 3.63) is 65.4 Å². The predicted octanol–water partition coefficient (Wildman–Crippen LogP) is -1.02. The average molecular weight is 591 g/mol. The molecule has 2 aliphatic rings. The normalized spacial score (nSPS) is 21.5. The summed E-state index contributed by atoms with van der Waals surface area (Å²) in [6.07, 6.45) is -0.0725. The number of H-pyrrole nitrogens is 1. The molecule has 41 heavy (non-hydrogen) atoms. The number of aliphatic hydroxyl groups is 1. The number of hydrogen-bond acceptors (Lipinski definition) is 7. The van der Waals surface area contributed by atoms with E-state index in [1.807, 2.05) is 39.0 Å². The van der Waals surface area contributed by atoms with Crippen LogP contribution in [0.25, 0.3) is 10.9 Å². The van der Waals surface area contributed by atoms with E-state index in [1.165, 1.54) is 0 Å². The number of hydrogen-bond donors (Lipinski definition) is 4. The fourth-order valence-corrected chi connectivity index (χ4v) is 6.55. The summed E-state index contributed by atoms with van der Waals surface area (Å²) >= 11 is 0. The van der Waals surface area contributed by atoms with Crippen molar-refractivity contribution in [2.75, 3.05) is 11.9 Å². The molecule has 4 atom stereocenters. The minimum atomic E-state index is -5.24. The Morgan fingerprint density at radius 3 is 2.56 bits per heavy atom. The summed E-state index contributed by atoms with van der Waals surface area (Å²) in [5, 5.41) is 17.0. The second-order valence-electron chi connectivity index (χ2n) is 11.1. The monoisotopic (exact) mass is 590 g/mol.